The zero-order valence-electron chi connectivity index (χ0n) is 21.7. The highest BCUT2D eigenvalue weighted by Crippen LogP contribution is 2.38. The fourth-order valence-corrected chi connectivity index (χ4v) is 6.00. The Morgan fingerprint density at radius 2 is 1.92 bits per heavy atom. The molecule has 196 valence electrons. The number of hydrogen-bond acceptors (Lipinski definition) is 8. The van der Waals surface area contributed by atoms with Crippen LogP contribution in [0.15, 0.2) is 42.4 Å². The first-order chi connectivity index (χ1) is 18.5. The molecule has 10 nitrogen and oxygen atoms in total. The second kappa shape index (κ2) is 10.1. The third-order valence-electron chi connectivity index (χ3n) is 7.88. The molecule has 10 heteroatoms. The maximum Gasteiger partial charge on any atom is 0.225 e. The number of fused-ring (bicyclic) bond motifs is 3. The van der Waals surface area contributed by atoms with E-state index in [1.807, 2.05) is 12.3 Å². The molecule has 1 saturated carbocycles. The number of nitrogens with two attached hydrogens (primary N) is 1. The van der Waals surface area contributed by atoms with E-state index in [0.29, 0.717) is 42.0 Å². The second-order valence-corrected chi connectivity index (χ2v) is 10.8. The lowest BCUT2D eigenvalue weighted by molar-refractivity contribution is 0.135. The molecule has 6 rings (SSSR count). The quantitative estimate of drug-likeness (QED) is 0.258. The Bertz CT molecular complexity index is 1410. The highest BCUT2D eigenvalue weighted by Gasteiger charge is 2.40. The minimum absolute atomic E-state index is 0.176. The normalized spacial score (nSPS) is 23.4. The molecule has 2 aromatic heterocycles. The van der Waals surface area contributed by atoms with E-state index in [9.17, 15) is 0 Å². The summed E-state index contributed by atoms with van der Waals surface area (Å²) in [5.41, 5.74) is 9.28. The van der Waals surface area contributed by atoms with E-state index in [-0.39, 0.29) is 11.9 Å². The number of benzene rings is 1. The van der Waals surface area contributed by atoms with Crippen molar-refractivity contribution in [3.05, 3.63) is 42.4 Å². The zero-order valence-corrected chi connectivity index (χ0v) is 21.7. The summed E-state index contributed by atoms with van der Waals surface area (Å²) in [6.45, 7) is 2.61. The SMILES string of the molecule is C/C(N)=C/C(=N)Nc1nc(N[C@@H]2C[C@H]3CC[C@@H](C2)N3CCC#N)nc2cc(-c3cnn(C4CC4)c3)ccc12. The number of amidine groups is 1. The minimum Gasteiger partial charge on any atom is -0.402 e. The molecule has 3 aliphatic rings. The van der Waals surface area contributed by atoms with Gasteiger partial charge in [-0.25, -0.2) is 4.98 Å². The van der Waals surface area contributed by atoms with Crippen LogP contribution in [0.5, 0.6) is 0 Å². The molecule has 2 bridgehead atoms. The molecule has 1 aromatic carbocycles. The molecule has 38 heavy (non-hydrogen) atoms. The standard InChI is InChI=1S/C28H34N10/c1-17(30)11-26(31)35-27-24-8-3-18(19-15-32-38(16-19)21-4-5-21)12-25(24)34-28(36-27)33-20-13-22-6-7-23(14-20)37(22)10-2-9-29/h3,8,11-12,15-16,20-23H,2,4-7,10,13-14,30H2,1H3,(H3,31,33,34,35,36)/b17-11-/t20-,22-,23+. The Morgan fingerprint density at radius 1 is 1.16 bits per heavy atom. The van der Waals surface area contributed by atoms with Gasteiger partial charge in [-0.2, -0.15) is 15.3 Å². The fourth-order valence-electron chi connectivity index (χ4n) is 6.00. The average molecular weight is 511 g/mol. The van der Waals surface area contributed by atoms with Crippen LogP contribution in [0.4, 0.5) is 11.8 Å². The summed E-state index contributed by atoms with van der Waals surface area (Å²) >= 11 is 0. The molecule has 1 aliphatic carbocycles. The van der Waals surface area contributed by atoms with Gasteiger partial charge in [0.15, 0.2) is 0 Å². The number of anilines is 2. The Morgan fingerprint density at radius 3 is 2.63 bits per heavy atom. The molecule has 3 atom stereocenters. The average Bonchev–Trinajstić information content (AvgIpc) is 3.56. The van der Waals surface area contributed by atoms with Gasteiger partial charge < -0.3 is 16.4 Å². The highest BCUT2D eigenvalue weighted by molar-refractivity contribution is 6.06. The molecule has 0 radical (unpaired) electrons. The van der Waals surface area contributed by atoms with Gasteiger partial charge in [0.2, 0.25) is 5.95 Å². The molecule has 4 heterocycles. The van der Waals surface area contributed by atoms with Crippen LogP contribution in [0.25, 0.3) is 22.0 Å². The molecule has 0 spiro atoms. The summed E-state index contributed by atoms with van der Waals surface area (Å²) in [4.78, 5) is 12.2. The molecular weight excluding hydrogens is 476 g/mol. The number of rotatable bonds is 8. The van der Waals surface area contributed by atoms with Gasteiger partial charge >= 0.3 is 0 Å². The van der Waals surface area contributed by atoms with Gasteiger partial charge in [0.25, 0.3) is 0 Å². The van der Waals surface area contributed by atoms with Crippen LogP contribution >= 0.6 is 0 Å². The van der Waals surface area contributed by atoms with Crippen molar-refractivity contribution >= 4 is 28.5 Å². The lowest BCUT2D eigenvalue weighted by Crippen LogP contribution is -2.47. The van der Waals surface area contributed by atoms with Crippen molar-refractivity contribution < 1.29 is 0 Å². The molecule has 3 fully saturated rings. The van der Waals surface area contributed by atoms with Gasteiger partial charge in [0.1, 0.15) is 11.7 Å². The van der Waals surface area contributed by atoms with E-state index in [4.69, 9.17) is 26.4 Å². The minimum atomic E-state index is 0.176. The van der Waals surface area contributed by atoms with Crippen molar-refractivity contribution in [2.75, 3.05) is 17.2 Å². The van der Waals surface area contributed by atoms with Crippen LogP contribution in [-0.4, -0.2) is 55.2 Å². The number of piperidine rings is 1. The maximum absolute atomic E-state index is 9.04. The summed E-state index contributed by atoms with van der Waals surface area (Å²) in [7, 11) is 0. The Balaban J connectivity index is 1.29. The molecule has 0 amide bonds. The lowest BCUT2D eigenvalue weighted by Gasteiger charge is -2.38. The molecule has 5 N–H and O–H groups in total. The summed E-state index contributed by atoms with van der Waals surface area (Å²) < 4.78 is 2.06. The molecule has 2 aliphatic heterocycles. The molecular formula is C28H34N10. The van der Waals surface area contributed by atoms with Crippen molar-refractivity contribution in [2.24, 2.45) is 5.73 Å². The number of allylic oxidation sites excluding steroid dienone is 1. The maximum atomic E-state index is 9.04. The van der Waals surface area contributed by atoms with Crippen molar-refractivity contribution in [1.82, 2.24) is 24.6 Å². The zero-order chi connectivity index (χ0) is 26.2. The van der Waals surface area contributed by atoms with Crippen LogP contribution in [0, 0.1) is 16.7 Å². The van der Waals surface area contributed by atoms with Crippen molar-refractivity contribution in [3.63, 3.8) is 0 Å². The summed E-state index contributed by atoms with van der Waals surface area (Å²) in [5, 5.41) is 29.5. The monoisotopic (exact) mass is 510 g/mol. The topological polar surface area (TPSA) is 145 Å². The smallest absolute Gasteiger partial charge is 0.225 e. The van der Waals surface area contributed by atoms with Crippen LogP contribution in [-0.2, 0) is 0 Å². The van der Waals surface area contributed by atoms with Crippen molar-refractivity contribution in [1.29, 1.82) is 10.7 Å². The van der Waals surface area contributed by atoms with Gasteiger partial charge in [-0.3, -0.25) is 15.0 Å². The molecule has 0 unspecified atom stereocenters. The third kappa shape index (κ3) is 5.07. The van der Waals surface area contributed by atoms with E-state index < -0.39 is 0 Å². The van der Waals surface area contributed by atoms with Crippen LogP contribution < -0.4 is 16.4 Å². The molecule has 3 aromatic rings. The van der Waals surface area contributed by atoms with Gasteiger partial charge in [-0.1, -0.05) is 6.07 Å². The number of nitrogens with one attached hydrogen (secondary N) is 3. The van der Waals surface area contributed by atoms with Crippen LogP contribution in [0.3, 0.4) is 0 Å². The highest BCUT2D eigenvalue weighted by atomic mass is 15.3. The largest absolute Gasteiger partial charge is 0.402 e. The van der Waals surface area contributed by atoms with Gasteiger partial charge in [0.05, 0.1) is 23.8 Å². The number of hydrogen-bond donors (Lipinski definition) is 4. The molecule has 2 saturated heterocycles. The van der Waals surface area contributed by atoms with Crippen LogP contribution in [0.2, 0.25) is 0 Å². The first-order valence-electron chi connectivity index (χ1n) is 13.5. The van der Waals surface area contributed by atoms with Crippen LogP contribution in [0.1, 0.15) is 57.9 Å². The van der Waals surface area contributed by atoms with E-state index in [2.05, 4.69) is 49.7 Å². The predicted molar refractivity (Wildman–Crippen MR) is 149 cm³/mol. The van der Waals surface area contributed by atoms with Gasteiger partial charge in [-0.05, 0) is 69.2 Å². The summed E-state index contributed by atoms with van der Waals surface area (Å²) in [6, 6.07) is 10.2. The van der Waals surface area contributed by atoms with E-state index in [1.54, 1.807) is 13.0 Å². The first kappa shape index (κ1) is 24.4. The lowest BCUT2D eigenvalue weighted by atomic mass is 9.97. The Hall–Kier alpha value is -3.97. The van der Waals surface area contributed by atoms with Gasteiger partial charge in [-0.15, -0.1) is 0 Å². The van der Waals surface area contributed by atoms with Crippen molar-refractivity contribution in [2.45, 2.75) is 76.0 Å². The second-order valence-electron chi connectivity index (χ2n) is 10.8. The summed E-state index contributed by atoms with van der Waals surface area (Å²) in [5.74, 6) is 1.31. The number of nitriles is 1. The number of nitrogens with zero attached hydrogens (tertiary/aromatic N) is 6. The number of aromatic nitrogens is 4. The Labute approximate surface area is 222 Å². The summed E-state index contributed by atoms with van der Waals surface area (Å²) in [6.07, 6.45) is 13.0. The third-order valence-corrected chi connectivity index (χ3v) is 7.88. The van der Waals surface area contributed by atoms with Crippen molar-refractivity contribution in [3.8, 4) is 17.2 Å². The van der Waals surface area contributed by atoms with E-state index >= 15 is 0 Å². The first-order valence-corrected chi connectivity index (χ1v) is 13.5. The van der Waals surface area contributed by atoms with E-state index in [0.717, 1.165) is 41.4 Å². The van der Waals surface area contributed by atoms with E-state index in [1.165, 1.54) is 25.7 Å². The van der Waals surface area contributed by atoms with Gasteiger partial charge in [0, 0.05) is 53.9 Å². The predicted octanol–water partition coefficient (Wildman–Crippen LogP) is 4.40. The Kier molecular flexibility index (Phi) is 6.45. The fraction of sp³-hybridized carbons (Fsp3) is 0.464.